The van der Waals surface area contributed by atoms with Crippen molar-refractivity contribution in [3.8, 4) is 11.5 Å². The summed E-state index contributed by atoms with van der Waals surface area (Å²) < 4.78 is 11.4. The third kappa shape index (κ3) is 5.13. The van der Waals surface area contributed by atoms with E-state index in [2.05, 4.69) is 0 Å². The summed E-state index contributed by atoms with van der Waals surface area (Å²) in [6, 6.07) is 25.0. The molecular weight excluding hydrogens is 350 g/mol. The number of para-hydroxylation sites is 2. The molecule has 1 amide bonds. The minimum absolute atomic E-state index is 0.0261. The van der Waals surface area contributed by atoms with Crippen molar-refractivity contribution in [2.24, 2.45) is 0 Å². The molecule has 0 fully saturated rings. The molecule has 0 aliphatic carbocycles. The number of carbonyl (C=O) groups is 1. The molecule has 0 aliphatic heterocycles. The monoisotopic (exact) mass is 375 g/mol. The van der Waals surface area contributed by atoms with E-state index in [1.165, 1.54) is 0 Å². The molecule has 0 aliphatic rings. The molecule has 3 aromatic rings. The third-order valence-electron chi connectivity index (χ3n) is 4.38. The molecule has 0 spiro atoms. The van der Waals surface area contributed by atoms with Crippen LogP contribution in [0.25, 0.3) is 0 Å². The lowest BCUT2D eigenvalue weighted by molar-refractivity contribution is 0.0784. The quantitative estimate of drug-likeness (QED) is 0.560. The van der Waals surface area contributed by atoms with Crippen molar-refractivity contribution >= 4 is 5.91 Å². The Morgan fingerprint density at radius 1 is 0.857 bits per heavy atom. The van der Waals surface area contributed by atoms with Crippen LogP contribution in [0.3, 0.4) is 0 Å². The first kappa shape index (κ1) is 19.5. The van der Waals surface area contributed by atoms with Crippen LogP contribution in [0.1, 0.15) is 28.4 Å². The minimum atomic E-state index is -0.0261. The van der Waals surface area contributed by atoms with Crippen LogP contribution in [0, 0.1) is 0 Å². The summed E-state index contributed by atoms with van der Waals surface area (Å²) in [5, 5.41) is 0. The first-order valence-corrected chi connectivity index (χ1v) is 9.40. The van der Waals surface area contributed by atoms with Crippen molar-refractivity contribution in [3.05, 3.63) is 95.6 Å². The average Bonchev–Trinajstić information content (AvgIpc) is 2.74. The van der Waals surface area contributed by atoms with E-state index in [4.69, 9.17) is 9.47 Å². The minimum Gasteiger partial charge on any atom is -0.494 e. The molecule has 0 unspecified atom stereocenters. The van der Waals surface area contributed by atoms with E-state index in [-0.39, 0.29) is 5.91 Å². The van der Waals surface area contributed by atoms with Crippen LogP contribution >= 0.6 is 0 Å². The van der Waals surface area contributed by atoms with E-state index in [0.29, 0.717) is 25.3 Å². The van der Waals surface area contributed by atoms with Crippen molar-refractivity contribution in [1.82, 2.24) is 4.90 Å². The fourth-order valence-electron chi connectivity index (χ4n) is 2.91. The highest BCUT2D eigenvalue weighted by Gasteiger charge is 2.14. The van der Waals surface area contributed by atoms with Crippen LogP contribution in [0.2, 0.25) is 0 Å². The zero-order valence-electron chi connectivity index (χ0n) is 16.3. The molecule has 0 aromatic heterocycles. The summed E-state index contributed by atoms with van der Waals surface area (Å²) in [5.41, 5.74) is 2.66. The predicted octanol–water partition coefficient (Wildman–Crippen LogP) is 4.94. The molecule has 28 heavy (non-hydrogen) atoms. The van der Waals surface area contributed by atoms with Gasteiger partial charge in [-0.05, 0) is 42.8 Å². The summed E-state index contributed by atoms with van der Waals surface area (Å²) in [4.78, 5) is 14.5. The number of benzene rings is 3. The second-order valence-corrected chi connectivity index (χ2v) is 6.50. The van der Waals surface area contributed by atoms with Gasteiger partial charge < -0.3 is 14.4 Å². The maximum atomic E-state index is 12.8. The van der Waals surface area contributed by atoms with Crippen molar-refractivity contribution in [3.63, 3.8) is 0 Å². The zero-order chi connectivity index (χ0) is 19.8. The number of ether oxygens (including phenoxy) is 2. The molecule has 0 heterocycles. The van der Waals surface area contributed by atoms with Gasteiger partial charge in [-0.2, -0.15) is 0 Å². The molecular formula is C24H25NO3. The summed E-state index contributed by atoms with van der Waals surface area (Å²) in [6.07, 6.45) is 0. The van der Waals surface area contributed by atoms with Gasteiger partial charge in [0.1, 0.15) is 18.1 Å². The first-order chi connectivity index (χ1) is 13.7. The number of hydrogen-bond acceptors (Lipinski definition) is 3. The Labute approximate surface area is 166 Å². The van der Waals surface area contributed by atoms with Crippen molar-refractivity contribution < 1.29 is 14.3 Å². The van der Waals surface area contributed by atoms with Crippen LogP contribution in [-0.4, -0.2) is 24.5 Å². The maximum absolute atomic E-state index is 12.8. The topological polar surface area (TPSA) is 38.8 Å². The number of hydrogen-bond donors (Lipinski definition) is 0. The predicted molar refractivity (Wildman–Crippen MR) is 111 cm³/mol. The van der Waals surface area contributed by atoms with E-state index in [1.54, 1.807) is 11.9 Å². The zero-order valence-corrected chi connectivity index (χ0v) is 16.3. The van der Waals surface area contributed by atoms with Crippen LogP contribution < -0.4 is 9.47 Å². The van der Waals surface area contributed by atoms with Gasteiger partial charge in [0.2, 0.25) is 0 Å². The summed E-state index contributed by atoms with van der Waals surface area (Å²) in [6.45, 7) is 3.51. The van der Waals surface area contributed by atoms with E-state index < -0.39 is 0 Å². The average molecular weight is 375 g/mol. The van der Waals surface area contributed by atoms with Crippen molar-refractivity contribution in [2.75, 3.05) is 13.7 Å². The van der Waals surface area contributed by atoms with E-state index in [0.717, 1.165) is 22.6 Å². The van der Waals surface area contributed by atoms with Gasteiger partial charge in [-0.3, -0.25) is 4.79 Å². The molecule has 3 aromatic carbocycles. The van der Waals surface area contributed by atoms with Gasteiger partial charge in [0.15, 0.2) is 0 Å². The Hall–Kier alpha value is -3.27. The van der Waals surface area contributed by atoms with Gasteiger partial charge in [-0.25, -0.2) is 0 Å². The fourth-order valence-corrected chi connectivity index (χ4v) is 2.91. The van der Waals surface area contributed by atoms with Crippen molar-refractivity contribution in [1.29, 1.82) is 0 Å². The largest absolute Gasteiger partial charge is 0.494 e. The van der Waals surface area contributed by atoms with Gasteiger partial charge in [-0.1, -0.05) is 48.5 Å². The highest BCUT2D eigenvalue weighted by molar-refractivity contribution is 5.94. The Kier molecular flexibility index (Phi) is 6.68. The highest BCUT2D eigenvalue weighted by atomic mass is 16.5. The van der Waals surface area contributed by atoms with Crippen LogP contribution in [-0.2, 0) is 13.2 Å². The molecule has 4 nitrogen and oxygen atoms in total. The number of rotatable bonds is 8. The van der Waals surface area contributed by atoms with Crippen LogP contribution in [0.15, 0.2) is 78.9 Å². The Morgan fingerprint density at radius 2 is 1.54 bits per heavy atom. The van der Waals surface area contributed by atoms with Gasteiger partial charge in [0.25, 0.3) is 5.91 Å². The van der Waals surface area contributed by atoms with E-state index in [9.17, 15) is 4.79 Å². The second-order valence-electron chi connectivity index (χ2n) is 6.50. The molecule has 3 rings (SSSR count). The lowest BCUT2D eigenvalue weighted by atomic mass is 10.1. The van der Waals surface area contributed by atoms with E-state index in [1.807, 2.05) is 85.8 Å². The normalized spacial score (nSPS) is 10.4. The van der Waals surface area contributed by atoms with E-state index >= 15 is 0 Å². The molecule has 0 atom stereocenters. The summed E-state index contributed by atoms with van der Waals surface area (Å²) >= 11 is 0. The first-order valence-electron chi connectivity index (χ1n) is 9.40. The number of nitrogens with zero attached hydrogens (tertiary/aromatic N) is 1. The SMILES string of the molecule is CCOc1ccccc1CN(C)C(=O)c1ccc(COc2ccccc2)cc1. The molecule has 0 N–H and O–H groups in total. The second kappa shape index (κ2) is 9.60. The molecule has 0 radical (unpaired) electrons. The Morgan fingerprint density at radius 3 is 2.25 bits per heavy atom. The van der Waals surface area contributed by atoms with Crippen molar-refractivity contribution in [2.45, 2.75) is 20.1 Å². The fraction of sp³-hybridized carbons (Fsp3) is 0.208. The van der Waals surface area contributed by atoms with Gasteiger partial charge >= 0.3 is 0 Å². The molecule has 0 saturated heterocycles. The number of carbonyl (C=O) groups excluding carboxylic acids is 1. The van der Waals surface area contributed by atoms with Gasteiger partial charge in [0.05, 0.1) is 6.61 Å². The number of amides is 1. The Bertz CT molecular complexity index is 891. The molecule has 144 valence electrons. The third-order valence-corrected chi connectivity index (χ3v) is 4.38. The van der Waals surface area contributed by atoms with Crippen LogP contribution in [0.4, 0.5) is 0 Å². The lowest BCUT2D eigenvalue weighted by Gasteiger charge is -2.19. The van der Waals surface area contributed by atoms with Gasteiger partial charge in [-0.15, -0.1) is 0 Å². The highest BCUT2D eigenvalue weighted by Crippen LogP contribution is 2.20. The van der Waals surface area contributed by atoms with Gasteiger partial charge in [0, 0.05) is 24.7 Å². The molecule has 0 saturated carbocycles. The van der Waals surface area contributed by atoms with Crippen LogP contribution in [0.5, 0.6) is 11.5 Å². The summed E-state index contributed by atoms with van der Waals surface area (Å²) in [5.74, 6) is 1.62. The molecule has 4 heteroatoms. The lowest BCUT2D eigenvalue weighted by Crippen LogP contribution is -2.26. The summed E-state index contributed by atoms with van der Waals surface area (Å²) in [7, 11) is 1.80. The molecule has 0 bridgehead atoms. The standard InChI is InChI=1S/C24H25NO3/c1-3-27-23-12-8-7-9-21(23)17-25(2)24(26)20-15-13-19(14-16-20)18-28-22-10-5-4-6-11-22/h4-16H,3,17-18H2,1-2H3. The Balaban J connectivity index is 1.61. The smallest absolute Gasteiger partial charge is 0.253 e. The maximum Gasteiger partial charge on any atom is 0.253 e.